The first-order chi connectivity index (χ1) is 10.6. The zero-order valence-electron chi connectivity index (χ0n) is 13.2. The van der Waals surface area contributed by atoms with E-state index in [-0.39, 0.29) is 5.92 Å². The maximum atomic E-state index is 6.21. The summed E-state index contributed by atoms with van der Waals surface area (Å²) in [6.45, 7) is 4.25. The molecule has 0 aromatic heterocycles. The first-order valence-corrected chi connectivity index (χ1v) is 8.30. The fourth-order valence-electron chi connectivity index (χ4n) is 2.79. The summed E-state index contributed by atoms with van der Waals surface area (Å²) in [5.74, 6) is 0.289. The van der Waals surface area contributed by atoms with Crippen molar-refractivity contribution in [1.29, 1.82) is 0 Å². The molecule has 0 N–H and O–H groups in total. The van der Waals surface area contributed by atoms with Crippen molar-refractivity contribution in [1.82, 2.24) is 0 Å². The van der Waals surface area contributed by atoms with Gasteiger partial charge in [0.2, 0.25) is 0 Å². The predicted molar refractivity (Wildman–Crippen MR) is 98.5 cm³/mol. The molecule has 1 aliphatic carbocycles. The molecular weight excluding hydrogens is 313 g/mol. The van der Waals surface area contributed by atoms with Crippen LogP contribution in [0.3, 0.4) is 0 Å². The van der Waals surface area contributed by atoms with Gasteiger partial charge in [0.15, 0.2) is 0 Å². The molecule has 0 fully saturated rings. The van der Waals surface area contributed by atoms with Crippen molar-refractivity contribution in [3.63, 3.8) is 0 Å². The lowest BCUT2D eigenvalue weighted by molar-refractivity contribution is 0.769. The number of nitrogens with zero attached hydrogens (tertiary/aromatic N) is 1. The average Bonchev–Trinajstić information content (AvgIpc) is 2.77. The Morgan fingerprint density at radius 2 is 2.05 bits per heavy atom. The number of hydrogen-bond donors (Lipinski definition) is 0. The quantitative estimate of drug-likeness (QED) is 0.566. The molecule has 0 amide bonds. The summed E-state index contributed by atoms with van der Waals surface area (Å²) in [6, 6.07) is 5.92. The monoisotopic (exact) mass is 333 g/mol. The molecule has 0 saturated carbocycles. The van der Waals surface area contributed by atoms with Crippen LogP contribution < -0.4 is 0 Å². The Balaban J connectivity index is 2.48. The first kappa shape index (κ1) is 17.1. The van der Waals surface area contributed by atoms with E-state index < -0.39 is 0 Å². The summed E-state index contributed by atoms with van der Waals surface area (Å²) in [4.78, 5) is 4.37. The van der Waals surface area contributed by atoms with Gasteiger partial charge in [0.1, 0.15) is 0 Å². The Morgan fingerprint density at radius 3 is 2.68 bits per heavy atom. The van der Waals surface area contributed by atoms with Crippen LogP contribution in [-0.4, -0.2) is 12.8 Å². The van der Waals surface area contributed by atoms with Crippen LogP contribution in [0.2, 0.25) is 10.0 Å². The number of benzene rings is 1. The molecule has 0 aliphatic heterocycles. The lowest BCUT2D eigenvalue weighted by atomic mass is 9.83. The molecule has 0 radical (unpaired) electrons. The first-order valence-electron chi connectivity index (χ1n) is 7.54. The van der Waals surface area contributed by atoms with E-state index in [1.54, 1.807) is 0 Å². The van der Waals surface area contributed by atoms with Crippen LogP contribution in [0, 0.1) is 0 Å². The molecule has 0 heterocycles. The van der Waals surface area contributed by atoms with Crippen molar-refractivity contribution < 1.29 is 0 Å². The van der Waals surface area contributed by atoms with Gasteiger partial charge >= 0.3 is 0 Å². The molecule has 1 nitrogen and oxygen atoms in total. The molecule has 0 bridgehead atoms. The molecule has 116 valence electrons. The number of halogens is 2. The Morgan fingerprint density at radius 1 is 1.27 bits per heavy atom. The molecule has 0 saturated heterocycles. The van der Waals surface area contributed by atoms with Gasteiger partial charge in [0.05, 0.1) is 10.0 Å². The van der Waals surface area contributed by atoms with Crippen LogP contribution in [0.5, 0.6) is 0 Å². The Kier molecular flexibility index (Phi) is 6.05. The fraction of sp³-hybridized carbons (Fsp3) is 0.316. The van der Waals surface area contributed by atoms with E-state index in [4.69, 9.17) is 23.2 Å². The standard InChI is InChI=1S/C19H21Cl2N/c1-4-15(14-10-11-18(20)19(21)12-14)17-9-7-5-6-8-16(17)13(2)22-3/h5-6,8-12,15H,4,7H2,1-3H3. The third-order valence-corrected chi connectivity index (χ3v) is 4.78. The highest BCUT2D eigenvalue weighted by Gasteiger charge is 2.20. The van der Waals surface area contributed by atoms with E-state index in [1.165, 1.54) is 16.7 Å². The van der Waals surface area contributed by atoms with Crippen molar-refractivity contribution in [3.8, 4) is 0 Å². The van der Waals surface area contributed by atoms with Crippen molar-refractivity contribution in [2.75, 3.05) is 7.05 Å². The minimum absolute atomic E-state index is 0.289. The van der Waals surface area contributed by atoms with Gasteiger partial charge in [-0.25, -0.2) is 0 Å². The van der Waals surface area contributed by atoms with Gasteiger partial charge in [-0.1, -0.05) is 60.5 Å². The Labute approximate surface area is 143 Å². The molecular formula is C19H21Cl2N. The lowest BCUT2D eigenvalue weighted by Gasteiger charge is -2.22. The van der Waals surface area contributed by atoms with Crippen LogP contribution in [0.4, 0.5) is 0 Å². The molecule has 1 aromatic rings. The van der Waals surface area contributed by atoms with Crippen LogP contribution >= 0.6 is 23.2 Å². The Hall–Kier alpha value is -1.31. The molecule has 1 atom stereocenters. The minimum atomic E-state index is 0.289. The summed E-state index contributed by atoms with van der Waals surface area (Å²) in [5.41, 5.74) is 4.76. The van der Waals surface area contributed by atoms with Gasteiger partial charge < -0.3 is 0 Å². The van der Waals surface area contributed by atoms with Crippen LogP contribution in [0.15, 0.2) is 58.6 Å². The summed E-state index contributed by atoms with van der Waals surface area (Å²) < 4.78 is 0. The lowest BCUT2D eigenvalue weighted by Crippen LogP contribution is -2.09. The van der Waals surface area contributed by atoms with Gasteiger partial charge in [-0.3, -0.25) is 4.99 Å². The molecule has 1 unspecified atom stereocenters. The van der Waals surface area contributed by atoms with Gasteiger partial charge in [-0.05, 0) is 48.6 Å². The van der Waals surface area contributed by atoms with Crippen LogP contribution in [-0.2, 0) is 0 Å². The highest BCUT2D eigenvalue weighted by Crippen LogP contribution is 2.36. The SMILES string of the molecule is CCC(C1=CCC=CC=C1C(C)=NC)c1ccc(Cl)c(Cl)c1. The van der Waals surface area contributed by atoms with E-state index in [2.05, 4.69) is 49.2 Å². The molecule has 0 spiro atoms. The van der Waals surface area contributed by atoms with Gasteiger partial charge in [0.25, 0.3) is 0 Å². The second kappa shape index (κ2) is 7.80. The number of rotatable bonds is 4. The van der Waals surface area contributed by atoms with Gasteiger partial charge in [-0.2, -0.15) is 0 Å². The van der Waals surface area contributed by atoms with Crippen molar-refractivity contribution >= 4 is 28.9 Å². The van der Waals surface area contributed by atoms with E-state index in [9.17, 15) is 0 Å². The maximum absolute atomic E-state index is 6.21. The zero-order valence-corrected chi connectivity index (χ0v) is 14.7. The van der Waals surface area contributed by atoms with Crippen molar-refractivity contribution in [2.45, 2.75) is 32.6 Å². The van der Waals surface area contributed by atoms with E-state index in [1.807, 2.05) is 19.2 Å². The molecule has 2 rings (SSSR count). The fourth-order valence-corrected chi connectivity index (χ4v) is 3.09. The highest BCUT2D eigenvalue weighted by molar-refractivity contribution is 6.42. The molecule has 1 aliphatic rings. The predicted octanol–water partition coefficient (Wildman–Crippen LogP) is 6.39. The van der Waals surface area contributed by atoms with E-state index >= 15 is 0 Å². The number of allylic oxidation sites excluding steroid dienone is 6. The highest BCUT2D eigenvalue weighted by atomic mass is 35.5. The van der Waals surface area contributed by atoms with Crippen molar-refractivity contribution in [3.05, 3.63) is 69.3 Å². The smallest absolute Gasteiger partial charge is 0.0595 e. The normalized spacial score (nSPS) is 16.9. The second-order valence-electron chi connectivity index (χ2n) is 5.35. The third kappa shape index (κ3) is 3.71. The molecule has 22 heavy (non-hydrogen) atoms. The summed E-state index contributed by atoms with van der Waals surface area (Å²) in [6.07, 6.45) is 10.6. The second-order valence-corrected chi connectivity index (χ2v) is 6.16. The number of aliphatic imine (C=N–C) groups is 1. The summed E-state index contributed by atoms with van der Waals surface area (Å²) >= 11 is 12.3. The molecule has 1 aromatic carbocycles. The van der Waals surface area contributed by atoms with Crippen molar-refractivity contribution in [2.24, 2.45) is 4.99 Å². The largest absolute Gasteiger partial charge is 0.293 e. The van der Waals surface area contributed by atoms with Gasteiger partial charge in [0, 0.05) is 18.7 Å². The topological polar surface area (TPSA) is 12.4 Å². The van der Waals surface area contributed by atoms with E-state index in [0.29, 0.717) is 10.0 Å². The van der Waals surface area contributed by atoms with Crippen LogP contribution in [0.1, 0.15) is 38.2 Å². The van der Waals surface area contributed by atoms with E-state index in [0.717, 1.165) is 18.6 Å². The third-order valence-electron chi connectivity index (χ3n) is 4.04. The number of hydrogen-bond acceptors (Lipinski definition) is 1. The minimum Gasteiger partial charge on any atom is -0.293 e. The summed E-state index contributed by atoms with van der Waals surface area (Å²) in [5, 5.41) is 1.20. The summed E-state index contributed by atoms with van der Waals surface area (Å²) in [7, 11) is 1.84. The maximum Gasteiger partial charge on any atom is 0.0595 e. The Bertz CT molecular complexity index is 666. The molecule has 3 heteroatoms. The van der Waals surface area contributed by atoms with Crippen LogP contribution in [0.25, 0.3) is 0 Å². The zero-order chi connectivity index (χ0) is 16.1. The van der Waals surface area contributed by atoms with Gasteiger partial charge in [-0.15, -0.1) is 0 Å². The average molecular weight is 334 g/mol.